The topological polar surface area (TPSA) is 75.4 Å². The van der Waals surface area contributed by atoms with E-state index in [0.29, 0.717) is 6.54 Å². The van der Waals surface area contributed by atoms with Gasteiger partial charge in [0.25, 0.3) is 0 Å². The minimum Gasteiger partial charge on any atom is -0.392 e. The summed E-state index contributed by atoms with van der Waals surface area (Å²) < 4.78 is 26.0. The second-order valence-electron chi connectivity index (χ2n) is 4.62. The van der Waals surface area contributed by atoms with E-state index in [4.69, 9.17) is 5.73 Å². The SMILES string of the molecule is CC(C(N)=S)S(=O)(=O)NCC(C)(C)N(C)C. The van der Waals surface area contributed by atoms with Gasteiger partial charge in [-0.2, -0.15) is 0 Å². The fraction of sp³-hybridized carbons (Fsp3) is 0.889. The average molecular weight is 267 g/mol. The molecule has 0 aromatic heterocycles. The average Bonchev–Trinajstić information content (AvgIpc) is 2.13. The molecule has 5 nitrogen and oxygen atoms in total. The molecule has 1 unspecified atom stereocenters. The largest absolute Gasteiger partial charge is 0.392 e. The number of sulfonamides is 1. The van der Waals surface area contributed by atoms with E-state index >= 15 is 0 Å². The fourth-order valence-corrected chi connectivity index (χ4v) is 2.20. The smallest absolute Gasteiger partial charge is 0.220 e. The van der Waals surface area contributed by atoms with Gasteiger partial charge in [0.1, 0.15) is 5.25 Å². The summed E-state index contributed by atoms with van der Waals surface area (Å²) in [4.78, 5) is 1.93. The van der Waals surface area contributed by atoms with Crippen LogP contribution in [0.4, 0.5) is 0 Å². The van der Waals surface area contributed by atoms with E-state index in [1.54, 1.807) is 0 Å². The van der Waals surface area contributed by atoms with Crippen LogP contribution >= 0.6 is 12.2 Å². The van der Waals surface area contributed by atoms with Gasteiger partial charge < -0.3 is 10.6 Å². The quantitative estimate of drug-likeness (QED) is 0.658. The second-order valence-corrected chi connectivity index (χ2v) is 7.17. The fourth-order valence-electron chi connectivity index (χ4n) is 0.713. The first-order valence-electron chi connectivity index (χ1n) is 4.96. The van der Waals surface area contributed by atoms with E-state index in [2.05, 4.69) is 16.9 Å². The Bertz CT molecular complexity index is 350. The third-order valence-electron chi connectivity index (χ3n) is 2.78. The van der Waals surface area contributed by atoms with Gasteiger partial charge in [-0.15, -0.1) is 0 Å². The highest BCUT2D eigenvalue weighted by Crippen LogP contribution is 2.09. The molecule has 0 aliphatic heterocycles. The Labute approximate surface area is 103 Å². The lowest BCUT2D eigenvalue weighted by Gasteiger charge is -2.32. The molecule has 0 bridgehead atoms. The van der Waals surface area contributed by atoms with Gasteiger partial charge in [0, 0.05) is 12.1 Å². The molecule has 1 atom stereocenters. The molecule has 7 heteroatoms. The molecule has 0 saturated carbocycles. The van der Waals surface area contributed by atoms with E-state index in [9.17, 15) is 8.42 Å². The summed E-state index contributed by atoms with van der Waals surface area (Å²) >= 11 is 4.67. The van der Waals surface area contributed by atoms with Crippen molar-refractivity contribution in [3.8, 4) is 0 Å². The number of nitrogens with zero attached hydrogens (tertiary/aromatic N) is 1. The van der Waals surface area contributed by atoms with E-state index in [0.717, 1.165) is 0 Å². The van der Waals surface area contributed by atoms with Crippen molar-refractivity contribution in [3.05, 3.63) is 0 Å². The highest BCUT2D eigenvalue weighted by atomic mass is 32.2. The maximum atomic E-state index is 11.7. The van der Waals surface area contributed by atoms with Gasteiger partial charge in [0.05, 0.1) is 4.99 Å². The van der Waals surface area contributed by atoms with Crippen molar-refractivity contribution < 1.29 is 8.42 Å². The highest BCUT2D eigenvalue weighted by Gasteiger charge is 2.27. The van der Waals surface area contributed by atoms with Crippen molar-refractivity contribution in [1.82, 2.24) is 9.62 Å². The van der Waals surface area contributed by atoms with Crippen molar-refractivity contribution in [2.45, 2.75) is 31.6 Å². The molecular weight excluding hydrogens is 246 g/mol. The molecule has 0 heterocycles. The third kappa shape index (κ3) is 4.32. The van der Waals surface area contributed by atoms with Crippen LogP contribution in [0.5, 0.6) is 0 Å². The molecule has 0 aromatic rings. The molecule has 0 saturated heterocycles. The van der Waals surface area contributed by atoms with Gasteiger partial charge in [-0.25, -0.2) is 13.1 Å². The van der Waals surface area contributed by atoms with Crippen LogP contribution in [0.2, 0.25) is 0 Å². The van der Waals surface area contributed by atoms with Crippen LogP contribution in [0.25, 0.3) is 0 Å². The Morgan fingerprint density at radius 2 is 1.94 bits per heavy atom. The van der Waals surface area contributed by atoms with E-state index < -0.39 is 15.3 Å². The monoisotopic (exact) mass is 267 g/mol. The Hall–Kier alpha value is -0.240. The zero-order valence-corrected chi connectivity index (χ0v) is 12.1. The standard InChI is InChI=1S/C9H21N3O2S2/c1-7(8(10)15)16(13,14)11-6-9(2,3)12(4)5/h7,11H,6H2,1-5H3,(H2,10,15). The zero-order valence-electron chi connectivity index (χ0n) is 10.4. The number of nitrogens with one attached hydrogen (secondary N) is 1. The van der Waals surface area contributed by atoms with Crippen molar-refractivity contribution in [2.75, 3.05) is 20.6 Å². The van der Waals surface area contributed by atoms with Gasteiger partial charge in [0.2, 0.25) is 10.0 Å². The number of likely N-dealkylation sites (N-methyl/N-ethyl adjacent to an activating group) is 1. The van der Waals surface area contributed by atoms with Crippen molar-refractivity contribution in [3.63, 3.8) is 0 Å². The van der Waals surface area contributed by atoms with Gasteiger partial charge >= 0.3 is 0 Å². The lowest BCUT2D eigenvalue weighted by atomic mass is 10.1. The number of hydrogen-bond donors (Lipinski definition) is 2. The van der Waals surface area contributed by atoms with Gasteiger partial charge in [-0.3, -0.25) is 0 Å². The van der Waals surface area contributed by atoms with E-state index in [-0.39, 0.29) is 10.5 Å². The number of nitrogens with two attached hydrogens (primary N) is 1. The summed E-state index contributed by atoms with van der Waals surface area (Å²) in [6.07, 6.45) is 0. The number of hydrogen-bond acceptors (Lipinski definition) is 4. The number of thiocarbonyl (C=S) groups is 1. The third-order valence-corrected chi connectivity index (χ3v) is 5.02. The van der Waals surface area contributed by atoms with Crippen LogP contribution in [-0.2, 0) is 10.0 Å². The molecule has 3 N–H and O–H groups in total. The molecule has 16 heavy (non-hydrogen) atoms. The number of rotatable bonds is 6. The van der Waals surface area contributed by atoms with Gasteiger partial charge in [-0.1, -0.05) is 12.2 Å². The lowest BCUT2D eigenvalue weighted by molar-refractivity contribution is 0.199. The predicted octanol–water partition coefficient (Wildman–Crippen LogP) is -0.0794. The molecule has 0 spiro atoms. The normalized spacial score (nSPS) is 15.1. The lowest BCUT2D eigenvalue weighted by Crippen LogP contribution is -2.50. The van der Waals surface area contributed by atoms with Crippen molar-refractivity contribution >= 4 is 27.2 Å². The van der Waals surface area contributed by atoms with Crippen LogP contribution < -0.4 is 10.5 Å². The summed E-state index contributed by atoms with van der Waals surface area (Å²) in [5, 5.41) is -0.847. The molecule has 96 valence electrons. The predicted molar refractivity (Wildman–Crippen MR) is 70.9 cm³/mol. The summed E-state index contributed by atoms with van der Waals surface area (Å²) in [5.41, 5.74) is 5.06. The maximum absolute atomic E-state index is 11.7. The van der Waals surface area contributed by atoms with Gasteiger partial charge in [0.15, 0.2) is 0 Å². The molecular formula is C9H21N3O2S2. The molecule has 0 amide bonds. The molecule has 0 aliphatic rings. The molecule has 0 radical (unpaired) electrons. The Balaban J connectivity index is 4.59. The molecule has 0 rings (SSSR count). The zero-order chi connectivity index (χ0) is 13.1. The van der Waals surface area contributed by atoms with Crippen LogP contribution in [0, 0.1) is 0 Å². The maximum Gasteiger partial charge on any atom is 0.220 e. The van der Waals surface area contributed by atoms with Crippen LogP contribution in [0.1, 0.15) is 20.8 Å². The first kappa shape index (κ1) is 15.8. The Morgan fingerprint density at radius 3 is 2.25 bits per heavy atom. The first-order chi connectivity index (χ1) is 7.00. The van der Waals surface area contributed by atoms with Crippen molar-refractivity contribution in [1.29, 1.82) is 0 Å². The van der Waals surface area contributed by atoms with E-state index in [1.807, 2.05) is 32.8 Å². The summed E-state index contributed by atoms with van der Waals surface area (Å²) in [6.45, 7) is 5.69. The minimum absolute atomic E-state index is 0.0184. The van der Waals surface area contributed by atoms with Gasteiger partial charge in [-0.05, 0) is 34.9 Å². The van der Waals surface area contributed by atoms with Crippen LogP contribution in [0.3, 0.4) is 0 Å². The molecule has 0 aromatic carbocycles. The van der Waals surface area contributed by atoms with Crippen LogP contribution in [0.15, 0.2) is 0 Å². The molecule has 0 aliphatic carbocycles. The minimum atomic E-state index is -3.47. The first-order valence-corrected chi connectivity index (χ1v) is 6.91. The summed E-state index contributed by atoms with van der Waals surface area (Å²) in [7, 11) is 0.319. The van der Waals surface area contributed by atoms with E-state index in [1.165, 1.54) is 6.92 Å². The Kier molecular flexibility index (Phi) is 5.31. The summed E-state index contributed by atoms with van der Waals surface area (Å²) in [5.74, 6) is 0. The van der Waals surface area contributed by atoms with Crippen molar-refractivity contribution in [2.24, 2.45) is 5.73 Å². The second kappa shape index (κ2) is 5.39. The molecule has 0 fully saturated rings. The summed E-state index contributed by atoms with van der Waals surface area (Å²) in [6, 6.07) is 0. The van der Waals surface area contributed by atoms with Crippen LogP contribution in [-0.4, -0.2) is 49.7 Å². The Morgan fingerprint density at radius 1 is 1.50 bits per heavy atom. The highest BCUT2D eigenvalue weighted by molar-refractivity contribution is 7.93.